The topological polar surface area (TPSA) is 70.6 Å². The molecule has 0 radical (unpaired) electrons. The highest BCUT2D eigenvalue weighted by molar-refractivity contribution is 7.89. The SMILES string of the molecule is CCN(CC)S(=O)(=O)c1ccc2c(c1)CCN2C(=O)c1ccc(C)nc1. The van der Waals surface area contributed by atoms with E-state index in [1.807, 2.05) is 26.8 Å². The van der Waals surface area contributed by atoms with Gasteiger partial charge in [0.05, 0.1) is 10.5 Å². The Morgan fingerprint density at radius 2 is 1.92 bits per heavy atom. The summed E-state index contributed by atoms with van der Waals surface area (Å²) in [6.45, 7) is 6.92. The standard InChI is InChI=1S/C19H23N3O3S/c1-4-21(5-2)26(24,25)17-8-9-18-15(12-17)10-11-22(18)19(23)16-7-6-14(3)20-13-16/h6-9,12-13H,4-5,10-11H2,1-3H3. The van der Waals surface area contributed by atoms with E-state index in [0.717, 1.165) is 16.9 Å². The second-order valence-electron chi connectivity index (χ2n) is 6.27. The molecule has 0 saturated heterocycles. The summed E-state index contributed by atoms with van der Waals surface area (Å²) in [5, 5.41) is 0. The number of aromatic nitrogens is 1. The highest BCUT2D eigenvalue weighted by Crippen LogP contribution is 2.32. The Labute approximate surface area is 154 Å². The predicted molar refractivity (Wildman–Crippen MR) is 101 cm³/mol. The summed E-state index contributed by atoms with van der Waals surface area (Å²) >= 11 is 0. The predicted octanol–water partition coefficient (Wildman–Crippen LogP) is 2.62. The van der Waals surface area contributed by atoms with Crippen molar-refractivity contribution < 1.29 is 13.2 Å². The van der Waals surface area contributed by atoms with Crippen molar-refractivity contribution in [2.75, 3.05) is 24.5 Å². The van der Waals surface area contributed by atoms with Crippen LogP contribution in [0, 0.1) is 6.92 Å². The maximum Gasteiger partial charge on any atom is 0.259 e. The Hall–Kier alpha value is -2.25. The van der Waals surface area contributed by atoms with Crippen LogP contribution in [-0.2, 0) is 16.4 Å². The minimum absolute atomic E-state index is 0.115. The first-order chi connectivity index (χ1) is 12.4. The van der Waals surface area contributed by atoms with Gasteiger partial charge in [0.2, 0.25) is 10.0 Å². The summed E-state index contributed by atoms with van der Waals surface area (Å²) in [4.78, 5) is 18.9. The van der Waals surface area contributed by atoms with Gasteiger partial charge >= 0.3 is 0 Å². The van der Waals surface area contributed by atoms with Gasteiger partial charge in [-0.15, -0.1) is 0 Å². The third-order valence-electron chi connectivity index (χ3n) is 4.69. The molecule has 2 aromatic rings. The largest absolute Gasteiger partial charge is 0.308 e. The van der Waals surface area contributed by atoms with Gasteiger partial charge < -0.3 is 4.90 Å². The van der Waals surface area contributed by atoms with Crippen LogP contribution in [0.1, 0.15) is 35.5 Å². The van der Waals surface area contributed by atoms with Crippen molar-refractivity contribution in [2.45, 2.75) is 32.1 Å². The van der Waals surface area contributed by atoms with E-state index in [9.17, 15) is 13.2 Å². The molecule has 0 fully saturated rings. The molecule has 138 valence electrons. The minimum atomic E-state index is -3.50. The summed E-state index contributed by atoms with van der Waals surface area (Å²) in [5.41, 5.74) is 3.04. The molecule has 26 heavy (non-hydrogen) atoms. The normalized spacial score (nSPS) is 13.9. The second kappa shape index (κ2) is 7.17. The molecule has 1 aliphatic heterocycles. The Morgan fingerprint density at radius 1 is 1.19 bits per heavy atom. The van der Waals surface area contributed by atoms with E-state index in [-0.39, 0.29) is 10.8 Å². The van der Waals surface area contributed by atoms with Gasteiger partial charge in [0.25, 0.3) is 5.91 Å². The number of rotatable bonds is 5. The van der Waals surface area contributed by atoms with Crippen LogP contribution in [0.3, 0.4) is 0 Å². The number of fused-ring (bicyclic) bond motifs is 1. The number of hydrogen-bond acceptors (Lipinski definition) is 4. The minimum Gasteiger partial charge on any atom is -0.308 e. The average Bonchev–Trinajstić information content (AvgIpc) is 3.05. The summed E-state index contributed by atoms with van der Waals surface area (Å²) in [6.07, 6.45) is 2.22. The molecule has 1 aromatic carbocycles. The van der Waals surface area contributed by atoms with Crippen LogP contribution in [0.4, 0.5) is 5.69 Å². The lowest BCUT2D eigenvalue weighted by atomic mass is 10.1. The van der Waals surface area contributed by atoms with E-state index in [2.05, 4.69) is 4.98 Å². The third-order valence-corrected chi connectivity index (χ3v) is 6.74. The van der Waals surface area contributed by atoms with Crippen molar-refractivity contribution in [3.05, 3.63) is 53.3 Å². The average molecular weight is 373 g/mol. The first kappa shape index (κ1) is 18.5. The molecule has 7 heteroatoms. The van der Waals surface area contributed by atoms with Gasteiger partial charge in [-0.25, -0.2) is 8.42 Å². The monoisotopic (exact) mass is 373 g/mol. The lowest BCUT2D eigenvalue weighted by Gasteiger charge is -2.20. The van der Waals surface area contributed by atoms with Gasteiger partial charge in [0.15, 0.2) is 0 Å². The highest BCUT2D eigenvalue weighted by Gasteiger charge is 2.29. The number of carbonyl (C=O) groups is 1. The van der Waals surface area contributed by atoms with E-state index in [0.29, 0.717) is 31.6 Å². The zero-order valence-corrected chi connectivity index (χ0v) is 16.1. The molecule has 2 heterocycles. The van der Waals surface area contributed by atoms with Gasteiger partial charge in [0, 0.05) is 37.2 Å². The summed E-state index contributed by atoms with van der Waals surface area (Å²) < 4.78 is 26.8. The number of anilines is 1. The lowest BCUT2D eigenvalue weighted by Crippen LogP contribution is -2.30. The molecular weight excluding hydrogens is 350 g/mol. The fraction of sp³-hybridized carbons (Fsp3) is 0.368. The number of amides is 1. The summed E-state index contributed by atoms with van der Waals surface area (Å²) in [6, 6.07) is 8.60. The van der Waals surface area contributed by atoms with Crippen molar-refractivity contribution >= 4 is 21.6 Å². The van der Waals surface area contributed by atoms with E-state index >= 15 is 0 Å². The molecule has 0 bridgehead atoms. The van der Waals surface area contributed by atoms with Crippen molar-refractivity contribution in [1.29, 1.82) is 0 Å². The lowest BCUT2D eigenvalue weighted by molar-refractivity contribution is 0.0989. The van der Waals surface area contributed by atoms with Crippen LogP contribution >= 0.6 is 0 Å². The van der Waals surface area contributed by atoms with E-state index in [1.165, 1.54) is 4.31 Å². The van der Waals surface area contributed by atoms with E-state index in [1.54, 1.807) is 35.4 Å². The smallest absolute Gasteiger partial charge is 0.259 e. The number of nitrogens with zero attached hydrogens (tertiary/aromatic N) is 3. The molecule has 3 rings (SSSR count). The molecule has 1 aromatic heterocycles. The molecular formula is C19H23N3O3S. The van der Waals surface area contributed by atoms with Gasteiger partial charge in [0.1, 0.15) is 0 Å². The number of aryl methyl sites for hydroxylation is 1. The van der Waals surface area contributed by atoms with Crippen LogP contribution in [-0.4, -0.2) is 43.2 Å². The Morgan fingerprint density at radius 3 is 2.54 bits per heavy atom. The number of hydrogen-bond donors (Lipinski definition) is 0. The quantitative estimate of drug-likeness (QED) is 0.808. The van der Waals surface area contributed by atoms with Crippen LogP contribution in [0.5, 0.6) is 0 Å². The fourth-order valence-corrected chi connectivity index (χ4v) is 4.72. The maximum absolute atomic E-state index is 12.8. The Kier molecular flexibility index (Phi) is 5.11. The van der Waals surface area contributed by atoms with Gasteiger partial charge in [-0.3, -0.25) is 9.78 Å². The van der Waals surface area contributed by atoms with Crippen molar-refractivity contribution in [2.24, 2.45) is 0 Å². The number of sulfonamides is 1. The fourth-order valence-electron chi connectivity index (χ4n) is 3.21. The number of pyridine rings is 1. The van der Waals surface area contributed by atoms with Gasteiger partial charge in [-0.1, -0.05) is 13.8 Å². The summed E-state index contributed by atoms with van der Waals surface area (Å²) in [7, 11) is -3.50. The third kappa shape index (κ3) is 3.24. The second-order valence-corrected chi connectivity index (χ2v) is 8.21. The molecule has 6 nitrogen and oxygen atoms in total. The van der Waals surface area contributed by atoms with Crippen LogP contribution in [0.25, 0.3) is 0 Å². The van der Waals surface area contributed by atoms with Crippen LogP contribution in [0.15, 0.2) is 41.4 Å². The van der Waals surface area contributed by atoms with Gasteiger partial charge in [-0.05, 0) is 49.2 Å². The van der Waals surface area contributed by atoms with Crippen molar-refractivity contribution in [3.63, 3.8) is 0 Å². The summed E-state index contributed by atoms with van der Waals surface area (Å²) in [5.74, 6) is -0.115. The molecule has 0 spiro atoms. The van der Waals surface area contributed by atoms with Crippen molar-refractivity contribution in [3.8, 4) is 0 Å². The molecule has 0 aliphatic carbocycles. The zero-order chi connectivity index (χ0) is 18.9. The molecule has 0 atom stereocenters. The highest BCUT2D eigenvalue weighted by atomic mass is 32.2. The Balaban J connectivity index is 1.91. The Bertz CT molecular complexity index is 920. The molecule has 0 unspecified atom stereocenters. The molecule has 1 aliphatic rings. The zero-order valence-electron chi connectivity index (χ0n) is 15.3. The first-order valence-corrected chi connectivity index (χ1v) is 10.2. The van der Waals surface area contributed by atoms with Crippen LogP contribution in [0.2, 0.25) is 0 Å². The first-order valence-electron chi connectivity index (χ1n) is 8.76. The van der Waals surface area contributed by atoms with Gasteiger partial charge in [-0.2, -0.15) is 4.31 Å². The number of carbonyl (C=O) groups excluding carboxylic acids is 1. The molecule has 1 amide bonds. The van der Waals surface area contributed by atoms with Crippen molar-refractivity contribution in [1.82, 2.24) is 9.29 Å². The molecule has 0 saturated carbocycles. The van der Waals surface area contributed by atoms with E-state index < -0.39 is 10.0 Å². The maximum atomic E-state index is 12.8. The number of benzene rings is 1. The van der Waals surface area contributed by atoms with E-state index in [4.69, 9.17) is 0 Å². The van der Waals surface area contributed by atoms with Crippen LogP contribution < -0.4 is 4.90 Å². The molecule has 0 N–H and O–H groups in total.